The van der Waals surface area contributed by atoms with Crippen LogP contribution in [0.15, 0.2) is 50.5 Å². The van der Waals surface area contributed by atoms with E-state index in [9.17, 15) is 18.0 Å². The summed E-state index contributed by atoms with van der Waals surface area (Å²) in [6, 6.07) is 8.38. The van der Waals surface area contributed by atoms with E-state index in [0.717, 1.165) is 4.57 Å². The lowest BCUT2D eigenvalue weighted by Crippen LogP contribution is -2.21. The number of ether oxygens (including phenoxy) is 2. The zero-order valence-corrected chi connectivity index (χ0v) is 17.7. The molecule has 160 valence electrons. The Morgan fingerprint density at radius 1 is 1.23 bits per heavy atom. The van der Waals surface area contributed by atoms with Crippen molar-refractivity contribution in [3.05, 3.63) is 52.0 Å². The lowest BCUT2D eigenvalue weighted by Gasteiger charge is -2.12. The van der Waals surface area contributed by atoms with Gasteiger partial charge < -0.3 is 13.9 Å². The highest BCUT2D eigenvalue weighted by Gasteiger charge is 2.20. The number of anilines is 1. The minimum atomic E-state index is -4.04. The van der Waals surface area contributed by atoms with Gasteiger partial charge in [-0.3, -0.25) is 14.1 Å². The zero-order chi connectivity index (χ0) is 21.9. The van der Waals surface area contributed by atoms with Crippen LogP contribution >= 0.6 is 11.6 Å². The molecule has 1 aromatic heterocycles. The van der Waals surface area contributed by atoms with Crippen LogP contribution in [0.2, 0.25) is 5.02 Å². The van der Waals surface area contributed by atoms with E-state index in [2.05, 4.69) is 4.72 Å². The normalized spacial score (nSPS) is 11.4. The zero-order valence-electron chi connectivity index (χ0n) is 16.2. The highest BCUT2D eigenvalue weighted by atomic mass is 35.5. The maximum absolute atomic E-state index is 12.8. The predicted octanol–water partition coefficient (Wildman–Crippen LogP) is 3.01. The van der Waals surface area contributed by atoms with Gasteiger partial charge in [-0.2, -0.15) is 0 Å². The first-order valence-electron chi connectivity index (χ1n) is 8.90. The standard InChI is InChI=1S/C19H19ClN2O7S/c1-3-8-28-18(23)11-22-15-6-5-13(10-17(15)29-19(22)24)30(25,26)21-14-9-12(20)4-7-16(14)27-2/h4-7,9-10,21H,3,8,11H2,1-2H3. The fraction of sp³-hybridized carbons (Fsp3) is 0.263. The van der Waals surface area contributed by atoms with Gasteiger partial charge in [0.2, 0.25) is 0 Å². The Morgan fingerprint density at radius 2 is 2.00 bits per heavy atom. The van der Waals surface area contributed by atoms with Gasteiger partial charge in [-0.05, 0) is 36.8 Å². The van der Waals surface area contributed by atoms with Gasteiger partial charge in [0, 0.05) is 11.1 Å². The second-order valence-corrected chi connectivity index (χ2v) is 8.37. The molecule has 1 N–H and O–H groups in total. The number of hydrogen-bond donors (Lipinski definition) is 1. The molecule has 30 heavy (non-hydrogen) atoms. The summed E-state index contributed by atoms with van der Waals surface area (Å²) in [4.78, 5) is 23.8. The molecule has 0 radical (unpaired) electrons. The van der Waals surface area contributed by atoms with Crippen molar-refractivity contribution in [1.82, 2.24) is 4.57 Å². The monoisotopic (exact) mass is 454 g/mol. The smallest absolute Gasteiger partial charge is 0.420 e. The van der Waals surface area contributed by atoms with Crippen LogP contribution in [0.3, 0.4) is 0 Å². The highest BCUT2D eigenvalue weighted by molar-refractivity contribution is 7.92. The minimum Gasteiger partial charge on any atom is -0.495 e. The van der Waals surface area contributed by atoms with Gasteiger partial charge in [0.15, 0.2) is 5.58 Å². The third-order valence-electron chi connectivity index (χ3n) is 4.11. The molecule has 0 bridgehead atoms. The molecule has 0 amide bonds. The molecule has 11 heteroatoms. The van der Waals surface area contributed by atoms with Crippen molar-refractivity contribution in [2.45, 2.75) is 24.8 Å². The number of aromatic nitrogens is 1. The molecule has 2 aromatic carbocycles. The maximum Gasteiger partial charge on any atom is 0.420 e. The van der Waals surface area contributed by atoms with Gasteiger partial charge in [-0.25, -0.2) is 13.2 Å². The number of hydrogen-bond acceptors (Lipinski definition) is 7. The predicted molar refractivity (Wildman–Crippen MR) is 111 cm³/mol. The molecule has 0 fully saturated rings. The molecule has 3 aromatic rings. The Kier molecular flexibility index (Phi) is 6.37. The number of oxazole rings is 1. The molecular formula is C19H19ClN2O7S. The molecule has 0 aliphatic carbocycles. The molecule has 3 rings (SSSR count). The van der Waals surface area contributed by atoms with E-state index in [4.69, 9.17) is 25.5 Å². The van der Waals surface area contributed by atoms with E-state index >= 15 is 0 Å². The van der Waals surface area contributed by atoms with Crippen LogP contribution in [0.1, 0.15) is 13.3 Å². The fourth-order valence-corrected chi connectivity index (χ4v) is 3.97. The first-order valence-corrected chi connectivity index (χ1v) is 10.8. The maximum atomic E-state index is 12.8. The Labute approximate surface area is 177 Å². The fourth-order valence-electron chi connectivity index (χ4n) is 2.72. The SMILES string of the molecule is CCCOC(=O)Cn1c(=O)oc2cc(S(=O)(=O)Nc3cc(Cl)ccc3OC)ccc21. The first-order chi connectivity index (χ1) is 14.2. The van der Waals surface area contributed by atoms with E-state index in [1.54, 1.807) is 6.07 Å². The summed E-state index contributed by atoms with van der Waals surface area (Å²) < 4.78 is 44.3. The number of nitrogens with one attached hydrogen (secondary N) is 1. The van der Waals surface area contributed by atoms with Gasteiger partial charge in [0.05, 0.1) is 29.8 Å². The van der Waals surface area contributed by atoms with Crippen molar-refractivity contribution < 1.29 is 27.1 Å². The number of halogens is 1. The molecule has 0 atom stereocenters. The van der Waals surface area contributed by atoms with Gasteiger partial charge in [-0.15, -0.1) is 0 Å². The van der Waals surface area contributed by atoms with Crippen LogP contribution in [-0.4, -0.2) is 32.7 Å². The van der Waals surface area contributed by atoms with E-state index in [1.165, 1.54) is 37.4 Å². The van der Waals surface area contributed by atoms with Crippen LogP contribution in [0, 0.1) is 0 Å². The minimum absolute atomic E-state index is 0.0178. The highest BCUT2D eigenvalue weighted by Crippen LogP contribution is 2.30. The van der Waals surface area contributed by atoms with E-state index < -0.39 is 21.7 Å². The Balaban J connectivity index is 1.93. The van der Waals surface area contributed by atoms with Crippen molar-refractivity contribution in [3.63, 3.8) is 0 Å². The largest absolute Gasteiger partial charge is 0.495 e. The first kappa shape index (κ1) is 21.7. The average Bonchev–Trinajstić information content (AvgIpc) is 3.00. The summed E-state index contributed by atoms with van der Waals surface area (Å²) in [5, 5.41) is 0.321. The molecular weight excluding hydrogens is 436 g/mol. The summed E-state index contributed by atoms with van der Waals surface area (Å²) in [6.45, 7) is 1.75. The number of nitrogens with zero attached hydrogens (tertiary/aromatic N) is 1. The summed E-state index contributed by atoms with van der Waals surface area (Å²) in [5.74, 6) is -1.10. The lowest BCUT2D eigenvalue weighted by molar-refractivity contribution is -0.144. The molecule has 0 unspecified atom stereocenters. The lowest BCUT2D eigenvalue weighted by atomic mass is 10.3. The third-order valence-corrected chi connectivity index (χ3v) is 5.71. The second-order valence-electron chi connectivity index (χ2n) is 6.25. The number of benzene rings is 2. The second kappa shape index (κ2) is 8.80. The van der Waals surface area contributed by atoms with Crippen LogP contribution in [0.25, 0.3) is 11.1 Å². The summed E-state index contributed by atoms with van der Waals surface area (Å²) in [5.41, 5.74) is 0.444. The van der Waals surface area contributed by atoms with Gasteiger partial charge in [0.25, 0.3) is 10.0 Å². The van der Waals surface area contributed by atoms with Crippen molar-refractivity contribution in [2.75, 3.05) is 18.4 Å². The molecule has 0 saturated carbocycles. The number of rotatable bonds is 8. The average molecular weight is 455 g/mol. The summed E-state index contributed by atoms with van der Waals surface area (Å²) in [7, 11) is -2.65. The number of carbonyl (C=O) groups excluding carboxylic acids is 1. The van der Waals surface area contributed by atoms with E-state index in [-0.39, 0.29) is 40.6 Å². The van der Waals surface area contributed by atoms with Crippen molar-refractivity contribution in [3.8, 4) is 5.75 Å². The molecule has 0 aliphatic heterocycles. The summed E-state index contributed by atoms with van der Waals surface area (Å²) >= 11 is 5.94. The number of sulfonamides is 1. The van der Waals surface area contributed by atoms with Gasteiger partial charge in [0.1, 0.15) is 12.3 Å². The third kappa shape index (κ3) is 4.60. The van der Waals surface area contributed by atoms with Crippen molar-refractivity contribution >= 4 is 44.4 Å². The quantitative estimate of drug-likeness (QED) is 0.520. The molecule has 0 spiro atoms. The van der Waals surface area contributed by atoms with E-state index in [1.807, 2.05) is 6.92 Å². The van der Waals surface area contributed by atoms with Crippen LogP contribution < -0.4 is 15.2 Å². The Hall–Kier alpha value is -2.98. The number of esters is 1. The molecule has 9 nitrogen and oxygen atoms in total. The van der Waals surface area contributed by atoms with Crippen LogP contribution in [-0.2, 0) is 26.1 Å². The van der Waals surface area contributed by atoms with E-state index in [0.29, 0.717) is 11.4 Å². The topological polar surface area (TPSA) is 117 Å². The van der Waals surface area contributed by atoms with Crippen molar-refractivity contribution in [1.29, 1.82) is 0 Å². The molecule has 1 heterocycles. The van der Waals surface area contributed by atoms with Gasteiger partial charge in [-0.1, -0.05) is 18.5 Å². The number of methoxy groups -OCH3 is 1. The van der Waals surface area contributed by atoms with Crippen LogP contribution in [0.4, 0.5) is 5.69 Å². The Morgan fingerprint density at radius 3 is 2.70 bits per heavy atom. The number of carbonyl (C=O) groups is 1. The van der Waals surface area contributed by atoms with Crippen molar-refractivity contribution in [2.24, 2.45) is 0 Å². The molecule has 0 aliphatic rings. The Bertz CT molecular complexity index is 1250. The number of fused-ring (bicyclic) bond motifs is 1. The van der Waals surface area contributed by atoms with Gasteiger partial charge >= 0.3 is 11.7 Å². The molecule has 0 saturated heterocycles. The summed E-state index contributed by atoms with van der Waals surface area (Å²) in [6.07, 6.45) is 0.651. The van der Waals surface area contributed by atoms with Crippen LogP contribution in [0.5, 0.6) is 5.75 Å².